The van der Waals surface area contributed by atoms with Crippen LogP contribution in [0, 0.1) is 5.92 Å². The number of nitrogens with zero attached hydrogens (tertiary/aromatic N) is 4. The van der Waals surface area contributed by atoms with E-state index < -0.39 is 211 Å². The molecule has 20 N–H and O–H groups in total. The van der Waals surface area contributed by atoms with Crippen LogP contribution in [0.5, 0.6) is 0 Å². The number of amides is 14. The fraction of sp³-hybridized carbons (Fsp3) is 0.651. The summed E-state index contributed by atoms with van der Waals surface area (Å²) in [5, 5.41) is 59.2. The molecule has 5 heterocycles. The minimum atomic E-state index is -1.94. The summed E-state index contributed by atoms with van der Waals surface area (Å²) in [7, 11) is 1.69. The monoisotopic (exact) mass is 1460 g/mol. The van der Waals surface area contributed by atoms with Gasteiger partial charge in [0.25, 0.3) is 0 Å². The zero-order chi connectivity index (χ0) is 74.0. The predicted molar refractivity (Wildman–Crippen MR) is 366 cm³/mol. The lowest BCUT2D eigenvalue weighted by molar-refractivity contribution is -0.147. The standard InChI is InChI=1S/C63H96N18O18S2/c1-4-33(2)49-59(96)76-41-31-100-101-32-42(56(93)78-50(34(3)83)60(97)71-37(16-8-9-21-64)54(91)74-40(30-82)52(89)69-29-47(85)79-23-13-20-45(79)62(99)81-25-12-19-44(81)58(95)77-49)75-53(90)36(17-10-22-67-63(65)66)70-46(84)28-68-51(88)38(27-48(86)87)72-57(94)43-18-11-24-80(43)61(98)39(73-55(41)92)26-35-14-6-5-7-15-35/h5-7,14-15,33-34,36-45,49-50,82-83H,4,8-13,16-32,64H2,1-3H3,(H,68,88)(H,69,89)(H,70,84)(H,71,97)(H,72,94)(H,73,92)(H,74,91)(H,75,90)(H,76,96)(H,77,95)(H,78,93)(H,86,87)(H4,65,66,67)/t33-,34+,36-,37-,38-,39-,40-,41-,42-,43-,44-,45-,49-,50-/m0/s1. The minimum Gasteiger partial charge on any atom is -0.481 e. The molecule has 5 fully saturated rings. The molecule has 5 saturated heterocycles. The Kier molecular flexibility index (Phi) is 32.1. The molecule has 0 spiro atoms. The van der Waals surface area contributed by atoms with Crippen molar-refractivity contribution in [2.45, 2.75) is 189 Å². The fourth-order valence-corrected chi connectivity index (χ4v) is 14.5. The number of carbonyl (C=O) groups is 15. The van der Waals surface area contributed by atoms with Crippen molar-refractivity contribution in [1.29, 1.82) is 0 Å². The number of hydrogen-bond donors (Lipinski definition) is 17. The van der Waals surface area contributed by atoms with Crippen molar-refractivity contribution in [2.75, 3.05) is 63.9 Å². The molecule has 0 saturated carbocycles. The number of nitrogens with one attached hydrogen (secondary N) is 11. The first-order valence-electron chi connectivity index (χ1n) is 33.9. The van der Waals surface area contributed by atoms with Gasteiger partial charge in [-0.25, -0.2) is 0 Å². The zero-order valence-corrected chi connectivity index (χ0v) is 58.4. The highest BCUT2D eigenvalue weighted by Crippen LogP contribution is 2.28. The van der Waals surface area contributed by atoms with Gasteiger partial charge in [-0.2, -0.15) is 0 Å². The minimum absolute atomic E-state index is 0.00794. The van der Waals surface area contributed by atoms with E-state index in [1.54, 1.807) is 44.2 Å². The number of aliphatic carboxylic acids is 1. The molecule has 5 aliphatic rings. The Balaban J connectivity index is 1.48. The van der Waals surface area contributed by atoms with Gasteiger partial charge in [0, 0.05) is 44.1 Å². The van der Waals surface area contributed by atoms with Crippen molar-refractivity contribution in [3.63, 3.8) is 0 Å². The Morgan fingerprint density at radius 1 is 0.564 bits per heavy atom. The molecule has 36 nitrogen and oxygen atoms in total. The topological polar surface area (TPSA) is 549 Å². The van der Waals surface area contributed by atoms with Crippen LogP contribution >= 0.6 is 21.6 Å². The first kappa shape index (κ1) is 81.1. The molecule has 0 unspecified atom stereocenters. The van der Waals surface area contributed by atoms with Crippen molar-refractivity contribution in [3.8, 4) is 0 Å². The second-order valence-electron chi connectivity index (χ2n) is 25.4. The van der Waals surface area contributed by atoms with Crippen LogP contribution in [0.2, 0.25) is 0 Å². The molecule has 14 amide bonds. The van der Waals surface area contributed by atoms with Crippen LogP contribution in [0.25, 0.3) is 0 Å². The fourth-order valence-electron chi connectivity index (χ4n) is 12.2. The van der Waals surface area contributed by atoms with E-state index in [9.17, 15) is 72.9 Å². The quantitative estimate of drug-likeness (QED) is 0.0317. The molecule has 1 aromatic carbocycles. The number of aliphatic imine (C=N–C) groups is 1. The van der Waals surface area contributed by atoms with E-state index in [4.69, 9.17) is 17.2 Å². The van der Waals surface area contributed by atoms with E-state index in [-0.39, 0.29) is 103 Å². The van der Waals surface area contributed by atoms with E-state index in [0.717, 1.165) is 28.5 Å². The first-order valence-corrected chi connectivity index (χ1v) is 36.4. The number of carboxylic acid groups (broad SMARTS) is 1. The van der Waals surface area contributed by atoms with Gasteiger partial charge in [0.1, 0.15) is 72.5 Å². The Labute approximate surface area is 591 Å². The molecule has 0 radical (unpaired) electrons. The van der Waals surface area contributed by atoms with E-state index in [1.165, 1.54) is 14.7 Å². The van der Waals surface area contributed by atoms with Gasteiger partial charge in [0.05, 0.1) is 32.2 Å². The summed E-state index contributed by atoms with van der Waals surface area (Å²) in [6.45, 7) is 2.08. The molecule has 14 atom stereocenters. The number of aliphatic hydroxyl groups is 2. The summed E-state index contributed by atoms with van der Waals surface area (Å²) < 4.78 is 0. The number of unbranched alkanes of at least 4 members (excludes halogenated alkanes) is 1. The number of benzene rings is 1. The van der Waals surface area contributed by atoms with Crippen LogP contribution in [0.3, 0.4) is 0 Å². The molecule has 101 heavy (non-hydrogen) atoms. The van der Waals surface area contributed by atoms with E-state index >= 15 is 14.4 Å². The third-order valence-corrected chi connectivity index (χ3v) is 20.4. The van der Waals surface area contributed by atoms with E-state index in [2.05, 4.69) is 63.5 Å². The van der Waals surface area contributed by atoms with Crippen LogP contribution in [0.1, 0.15) is 110 Å². The van der Waals surface area contributed by atoms with Crippen molar-refractivity contribution < 1.29 is 87.2 Å². The van der Waals surface area contributed by atoms with Gasteiger partial charge in [0.15, 0.2) is 5.96 Å². The molecule has 1 aromatic rings. The summed E-state index contributed by atoms with van der Waals surface area (Å²) in [5.74, 6) is -16.7. The van der Waals surface area contributed by atoms with Crippen LogP contribution in [-0.4, -0.2) is 267 Å². The third-order valence-electron chi connectivity index (χ3n) is 17.9. The van der Waals surface area contributed by atoms with Crippen LogP contribution in [-0.2, 0) is 78.3 Å². The van der Waals surface area contributed by atoms with Crippen LogP contribution in [0.15, 0.2) is 35.3 Å². The Morgan fingerprint density at radius 3 is 1.67 bits per heavy atom. The van der Waals surface area contributed by atoms with Gasteiger partial charge >= 0.3 is 5.97 Å². The second-order valence-corrected chi connectivity index (χ2v) is 28.0. The van der Waals surface area contributed by atoms with Crippen molar-refractivity contribution in [3.05, 3.63) is 35.9 Å². The summed E-state index contributed by atoms with van der Waals surface area (Å²) >= 11 is 0. The van der Waals surface area contributed by atoms with Crippen molar-refractivity contribution in [2.24, 2.45) is 28.1 Å². The van der Waals surface area contributed by atoms with Crippen LogP contribution < -0.4 is 75.7 Å². The molecule has 5 aliphatic heterocycles. The summed E-state index contributed by atoms with van der Waals surface area (Å²) in [6.07, 6.45) is -1.27. The van der Waals surface area contributed by atoms with E-state index in [0.29, 0.717) is 24.8 Å². The average molecular weight is 1460 g/mol. The molecule has 0 aromatic heterocycles. The normalized spacial score (nSPS) is 28.1. The summed E-state index contributed by atoms with van der Waals surface area (Å²) in [6, 6.07) is -10.1. The van der Waals surface area contributed by atoms with Gasteiger partial charge in [-0.15, -0.1) is 0 Å². The number of aliphatic hydroxyl groups excluding tert-OH is 2. The summed E-state index contributed by atoms with van der Waals surface area (Å²) in [4.78, 5) is 222. The molecule has 558 valence electrons. The van der Waals surface area contributed by atoms with Crippen molar-refractivity contribution in [1.82, 2.24) is 73.2 Å². The Bertz CT molecular complexity index is 3190. The van der Waals surface area contributed by atoms with Gasteiger partial charge in [-0.05, 0) is 95.6 Å². The lowest BCUT2D eigenvalue weighted by Gasteiger charge is -2.33. The molecule has 0 aliphatic carbocycles. The number of hydrogen-bond acceptors (Lipinski definition) is 21. The number of guanidine groups is 1. The first-order chi connectivity index (χ1) is 48.2. The highest BCUT2D eigenvalue weighted by molar-refractivity contribution is 8.76. The molecular weight excluding hydrogens is 1360 g/mol. The summed E-state index contributed by atoms with van der Waals surface area (Å²) in [5.41, 5.74) is 17.4. The number of nitrogens with two attached hydrogens (primary N) is 3. The largest absolute Gasteiger partial charge is 0.481 e. The maximum absolute atomic E-state index is 15.2. The number of carbonyl (C=O) groups excluding carboxylic acids is 14. The molecule has 38 heteroatoms. The molecule has 2 bridgehead atoms. The maximum Gasteiger partial charge on any atom is 0.305 e. The molecule has 6 rings (SSSR count). The highest BCUT2D eigenvalue weighted by Gasteiger charge is 2.45. The van der Waals surface area contributed by atoms with E-state index in [1.807, 2.05) is 0 Å². The van der Waals surface area contributed by atoms with Crippen molar-refractivity contribution >= 4 is 116 Å². The average Bonchev–Trinajstić information content (AvgIpc) is 1.71. The van der Waals surface area contributed by atoms with Crippen LogP contribution in [0.4, 0.5) is 0 Å². The maximum atomic E-state index is 15.2. The Morgan fingerprint density at radius 2 is 1.07 bits per heavy atom. The number of carboxylic acids is 1. The van der Waals surface area contributed by atoms with Gasteiger partial charge < -0.3 is 106 Å². The van der Waals surface area contributed by atoms with Gasteiger partial charge in [-0.1, -0.05) is 72.2 Å². The number of rotatable bonds is 16. The van der Waals surface area contributed by atoms with Gasteiger partial charge in [-0.3, -0.25) is 76.9 Å². The third kappa shape index (κ3) is 23.9. The smallest absolute Gasteiger partial charge is 0.305 e. The van der Waals surface area contributed by atoms with Gasteiger partial charge in [0.2, 0.25) is 82.7 Å². The lowest BCUT2D eigenvalue weighted by atomic mass is 9.97. The lowest BCUT2D eigenvalue weighted by Crippen LogP contribution is -2.62. The highest BCUT2D eigenvalue weighted by atomic mass is 33.1. The predicted octanol–water partition coefficient (Wildman–Crippen LogP) is -6.72. The Hall–Kier alpha value is -8.88. The second kappa shape index (κ2) is 39.9. The number of fused-ring (bicyclic) bond motifs is 8. The molecular formula is C63H96N18O18S2. The zero-order valence-electron chi connectivity index (χ0n) is 56.7. The SMILES string of the molecule is CC[C@H](C)[C@@H]1NC(=O)[C@@H]2CCCN2C(=O)[C@@H]2CCCN2C(=O)CNC(=O)[C@H](CO)NC(=O)[C@H](CCCCN)NC(=O)[C@H]([C@@H](C)O)NC(=O)[C@@H]2CSSC[C@H](NC1=O)C(=O)N[C@@H](Cc1ccccc1)C(=O)N1CCC[C@H]1C(=O)N[C@@H](CC(=O)O)C(=O)NCC(=O)N[C@@H](CCCN=C(N)N)C(=O)N2.